The predicted molar refractivity (Wildman–Crippen MR) is 82.0 cm³/mol. The molecule has 1 nitrogen and oxygen atoms in total. The molecular formula is C15H16BrNS. The highest BCUT2D eigenvalue weighted by atomic mass is 79.9. The Balaban J connectivity index is 2.26. The van der Waals surface area contributed by atoms with E-state index in [4.69, 9.17) is 5.73 Å². The molecule has 0 heterocycles. The quantitative estimate of drug-likeness (QED) is 0.867. The zero-order valence-corrected chi connectivity index (χ0v) is 12.9. The number of rotatable bonds is 3. The molecule has 2 aromatic rings. The zero-order valence-electron chi connectivity index (χ0n) is 10.5. The largest absolute Gasteiger partial charge is 0.324 e. The molecule has 94 valence electrons. The van der Waals surface area contributed by atoms with Gasteiger partial charge in [0, 0.05) is 20.3 Å². The summed E-state index contributed by atoms with van der Waals surface area (Å²) in [4.78, 5) is 2.51. The molecule has 0 amide bonds. The Morgan fingerprint density at radius 1 is 1.17 bits per heavy atom. The maximum absolute atomic E-state index is 5.90. The predicted octanol–water partition coefficient (Wildman–Crippen LogP) is 4.93. The topological polar surface area (TPSA) is 26.0 Å². The molecular weight excluding hydrogens is 306 g/mol. The molecule has 18 heavy (non-hydrogen) atoms. The fourth-order valence-corrected chi connectivity index (χ4v) is 3.57. The van der Waals surface area contributed by atoms with Crippen molar-refractivity contribution in [1.82, 2.24) is 0 Å². The molecule has 2 aromatic carbocycles. The van der Waals surface area contributed by atoms with Crippen molar-refractivity contribution in [2.45, 2.75) is 29.7 Å². The van der Waals surface area contributed by atoms with Crippen LogP contribution in [0, 0.1) is 6.92 Å². The van der Waals surface area contributed by atoms with Crippen molar-refractivity contribution >= 4 is 27.7 Å². The number of aryl methyl sites for hydroxylation is 1. The molecule has 0 saturated heterocycles. The van der Waals surface area contributed by atoms with E-state index >= 15 is 0 Å². The van der Waals surface area contributed by atoms with E-state index in [1.807, 2.05) is 6.92 Å². The van der Waals surface area contributed by atoms with Crippen molar-refractivity contribution in [3.05, 3.63) is 58.1 Å². The van der Waals surface area contributed by atoms with Crippen LogP contribution in [0.25, 0.3) is 0 Å². The maximum atomic E-state index is 5.90. The van der Waals surface area contributed by atoms with Gasteiger partial charge in [0.05, 0.1) is 0 Å². The van der Waals surface area contributed by atoms with Gasteiger partial charge in [-0.05, 0) is 43.2 Å². The monoisotopic (exact) mass is 321 g/mol. The lowest BCUT2D eigenvalue weighted by Gasteiger charge is -2.11. The summed E-state index contributed by atoms with van der Waals surface area (Å²) in [5, 5.41) is 0. The van der Waals surface area contributed by atoms with Gasteiger partial charge in [-0.1, -0.05) is 52.0 Å². The average molecular weight is 322 g/mol. The first-order valence-electron chi connectivity index (χ1n) is 5.86. The summed E-state index contributed by atoms with van der Waals surface area (Å²) in [6.07, 6.45) is 0. The van der Waals surface area contributed by atoms with Gasteiger partial charge in [0.1, 0.15) is 0 Å². The standard InChI is InChI=1S/C15H16BrNS/c1-10-5-3-4-6-15(10)18-12-7-8-13(11(2)17)14(16)9-12/h3-9,11H,17H2,1-2H3. The molecule has 0 fully saturated rings. The van der Waals surface area contributed by atoms with Crippen LogP contribution in [-0.2, 0) is 0 Å². The van der Waals surface area contributed by atoms with Crippen LogP contribution in [0.15, 0.2) is 56.7 Å². The first-order valence-corrected chi connectivity index (χ1v) is 7.47. The Morgan fingerprint density at radius 2 is 1.89 bits per heavy atom. The van der Waals surface area contributed by atoms with Gasteiger partial charge in [0.25, 0.3) is 0 Å². The van der Waals surface area contributed by atoms with E-state index < -0.39 is 0 Å². The normalized spacial score (nSPS) is 12.4. The third-order valence-electron chi connectivity index (χ3n) is 2.78. The lowest BCUT2D eigenvalue weighted by molar-refractivity contribution is 0.811. The van der Waals surface area contributed by atoms with Gasteiger partial charge in [0.2, 0.25) is 0 Å². The molecule has 3 heteroatoms. The lowest BCUT2D eigenvalue weighted by atomic mass is 10.1. The molecule has 0 bridgehead atoms. The van der Waals surface area contributed by atoms with Crippen LogP contribution >= 0.6 is 27.7 Å². The molecule has 0 aliphatic carbocycles. The number of benzene rings is 2. The van der Waals surface area contributed by atoms with Gasteiger partial charge in [-0.25, -0.2) is 0 Å². The van der Waals surface area contributed by atoms with Gasteiger partial charge in [-0.3, -0.25) is 0 Å². The minimum atomic E-state index is 0.0527. The molecule has 2 rings (SSSR count). The second kappa shape index (κ2) is 5.91. The van der Waals surface area contributed by atoms with E-state index in [1.165, 1.54) is 15.4 Å². The number of halogens is 1. The minimum Gasteiger partial charge on any atom is -0.324 e. The van der Waals surface area contributed by atoms with Gasteiger partial charge in [-0.2, -0.15) is 0 Å². The van der Waals surface area contributed by atoms with Crippen LogP contribution in [0.4, 0.5) is 0 Å². The van der Waals surface area contributed by atoms with Gasteiger partial charge >= 0.3 is 0 Å². The summed E-state index contributed by atoms with van der Waals surface area (Å²) in [5.74, 6) is 0. The van der Waals surface area contributed by atoms with E-state index in [2.05, 4.69) is 65.3 Å². The molecule has 1 unspecified atom stereocenters. The van der Waals surface area contributed by atoms with Gasteiger partial charge < -0.3 is 5.73 Å². The first-order chi connectivity index (χ1) is 8.58. The fraction of sp³-hybridized carbons (Fsp3) is 0.200. The van der Waals surface area contributed by atoms with E-state index in [-0.39, 0.29) is 6.04 Å². The first kappa shape index (κ1) is 13.7. The van der Waals surface area contributed by atoms with Crippen LogP contribution in [0.3, 0.4) is 0 Å². The third-order valence-corrected chi connectivity index (χ3v) is 4.64. The summed E-state index contributed by atoms with van der Waals surface area (Å²) in [6.45, 7) is 4.13. The maximum Gasteiger partial charge on any atom is 0.0277 e. The summed E-state index contributed by atoms with van der Waals surface area (Å²) < 4.78 is 1.08. The van der Waals surface area contributed by atoms with E-state index in [9.17, 15) is 0 Å². The van der Waals surface area contributed by atoms with Crippen molar-refractivity contribution in [2.24, 2.45) is 5.73 Å². The van der Waals surface area contributed by atoms with E-state index in [0.717, 1.165) is 10.0 Å². The summed E-state index contributed by atoms with van der Waals surface area (Å²) in [5.41, 5.74) is 8.35. The van der Waals surface area contributed by atoms with Crippen molar-refractivity contribution < 1.29 is 0 Å². The highest BCUT2D eigenvalue weighted by Crippen LogP contribution is 2.33. The number of hydrogen-bond acceptors (Lipinski definition) is 2. The Hall–Kier alpha value is -0.770. The van der Waals surface area contributed by atoms with Gasteiger partial charge in [-0.15, -0.1) is 0 Å². The number of hydrogen-bond donors (Lipinski definition) is 1. The van der Waals surface area contributed by atoms with Crippen molar-refractivity contribution in [3.63, 3.8) is 0 Å². The number of nitrogens with two attached hydrogens (primary N) is 1. The molecule has 1 atom stereocenters. The van der Waals surface area contributed by atoms with Crippen molar-refractivity contribution in [2.75, 3.05) is 0 Å². The Bertz CT molecular complexity index is 552. The van der Waals surface area contributed by atoms with E-state index in [1.54, 1.807) is 11.8 Å². The van der Waals surface area contributed by atoms with Crippen LogP contribution < -0.4 is 5.73 Å². The fourth-order valence-electron chi connectivity index (χ4n) is 1.74. The molecule has 0 aliphatic rings. The molecule has 0 saturated carbocycles. The van der Waals surface area contributed by atoms with E-state index in [0.29, 0.717) is 0 Å². The minimum absolute atomic E-state index is 0.0527. The molecule has 0 aromatic heterocycles. The summed E-state index contributed by atoms with van der Waals surface area (Å²) in [6, 6.07) is 14.8. The van der Waals surface area contributed by atoms with Crippen molar-refractivity contribution in [1.29, 1.82) is 0 Å². The Labute approximate surface area is 121 Å². The summed E-state index contributed by atoms with van der Waals surface area (Å²) >= 11 is 5.36. The highest BCUT2D eigenvalue weighted by molar-refractivity contribution is 9.10. The van der Waals surface area contributed by atoms with Crippen LogP contribution in [-0.4, -0.2) is 0 Å². The average Bonchev–Trinajstić information content (AvgIpc) is 2.32. The summed E-state index contributed by atoms with van der Waals surface area (Å²) in [7, 11) is 0. The second-order valence-corrected chi connectivity index (χ2v) is 6.31. The lowest BCUT2D eigenvalue weighted by Crippen LogP contribution is -2.05. The van der Waals surface area contributed by atoms with Crippen LogP contribution in [0.5, 0.6) is 0 Å². The van der Waals surface area contributed by atoms with Gasteiger partial charge in [0.15, 0.2) is 0 Å². The molecule has 0 radical (unpaired) electrons. The highest BCUT2D eigenvalue weighted by Gasteiger charge is 2.07. The van der Waals surface area contributed by atoms with Crippen molar-refractivity contribution in [3.8, 4) is 0 Å². The Kier molecular flexibility index (Phi) is 4.49. The smallest absolute Gasteiger partial charge is 0.0277 e. The van der Waals surface area contributed by atoms with Crippen LogP contribution in [0.2, 0.25) is 0 Å². The van der Waals surface area contributed by atoms with Crippen LogP contribution in [0.1, 0.15) is 24.1 Å². The second-order valence-electron chi connectivity index (χ2n) is 4.34. The molecule has 2 N–H and O–H groups in total. The SMILES string of the molecule is Cc1ccccc1Sc1ccc(C(C)N)c(Br)c1. The Morgan fingerprint density at radius 3 is 2.50 bits per heavy atom. The zero-order chi connectivity index (χ0) is 13.1. The molecule has 0 spiro atoms. The third kappa shape index (κ3) is 3.16. The molecule has 0 aliphatic heterocycles.